The zero-order valence-corrected chi connectivity index (χ0v) is 9.17. The van der Waals surface area contributed by atoms with Gasteiger partial charge in [-0.1, -0.05) is 34.7 Å². The first-order valence-corrected chi connectivity index (χ1v) is 4.88. The summed E-state index contributed by atoms with van der Waals surface area (Å²) < 4.78 is 0. The highest BCUT2D eigenvalue weighted by molar-refractivity contribution is 9.10. The number of hydrogen-bond donors (Lipinski definition) is 0. The van der Waals surface area contributed by atoms with Gasteiger partial charge in [0.25, 0.3) is 0 Å². The van der Waals surface area contributed by atoms with Crippen LogP contribution in [0.5, 0.6) is 0 Å². The van der Waals surface area contributed by atoms with Gasteiger partial charge in [0.2, 0.25) is 5.91 Å². The van der Waals surface area contributed by atoms with Gasteiger partial charge >= 0.3 is 0 Å². The number of carbonyl (C=O) groups excluding carboxylic acids is 1. The molecule has 0 N–H and O–H groups in total. The van der Waals surface area contributed by atoms with Gasteiger partial charge in [-0.15, -0.1) is 12.8 Å². The van der Waals surface area contributed by atoms with Crippen molar-refractivity contribution in [1.29, 1.82) is 0 Å². The van der Waals surface area contributed by atoms with E-state index in [0.717, 1.165) is 6.42 Å². The summed E-state index contributed by atoms with van der Waals surface area (Å²) in [7, 11) is 0. The van der Waals surface area contributed by atoms with E-state index in [2.05, 4.69) is 27.8 Å². The summed E-state index contributed by atoms with van der Waals surface area (Å²) in [5.74, 6) is 4.76. The van der Waals surface area contributed by atoms with Crippen LogP contribution in [0.3, 0.4) is 0 Å². The van der Waals surface area contributed by atoms with Crippen LogP contribution in [0, 0.1) is 24.7 Å². The molecule has 0 saturated carbocycles. The lowest BCUT2D eigenvalue weighted by Crippen LogP contribution is -2.37. The molecule has 1 amide bonds. The topological polar surface area (TPSA) is 20.3 Å². The third-order valence-electron chi connectivity index (χ3n) is 1.50. The van der Waals surface area contributed by atoms with E-state index in [1.807, 2.05) is 6.92 Å². The summed E-state index contributed by atoms with van der Waals surface area (Å²) in [5, 5.41) is 0. The van der Waals surface area contributed by atoms with Crippen molar-refractivity contribution in [2.24, 2.45) is 0 Å². The van der Waals surface area contributed by atoms with E-state index in [9.17, 15) is 4.79 Å². The summed E-state index contributed by atoms with van der Waals surface area (Å²) >= 11 is 3.25. The molecule has 2 nitrogen and oxygen atoms in total. The molecule has 70 valence electrons. The number of terminal acetylenes is 2. The maximum absolute atomic E-state index is 11.5. The van der Waals surface area contributed by atoms with Crippen molar-refractivity contribution in [2.75, 3.05) is 13.1 Å². The van der Waals surface area contributed by atoms with Crippen LogP contribution in [0.4, 0.5) is 0 Å². The predicted molar refractivity (Wildman–Crippen MR) is 57.3 cm³/mol. The van der Waals surface area contributed by atoms with Crippen molar-refractivity contribution < 1.29 is 4.79 Å². The molecule has 0 aliphatic rings. The average Bonchev–Trinajstić information content (AvgIpc) is 2.15. The second-order valence-electron chi connectivity index (χ2n) is 2.48. The molecule has 0 aliphatic heterocycles. The molecular weight excluding hydrogens is 230 g/mol. The Kier molecular flexibility index (Phi) is 6.10. The maximum atomic E-state index is 11.5. The van der Waals surface area contributed by atoms with Crippen molar-refractivity contribution in [2.45, 2.75) is 18.2 Å². The second kappa shape index (κ2) is 6.57. The van der Waals surface area contributed by atoms with E-state index in [-0.39, 0.29) is 23.8 Å². The largest absolute Gasteiger partial charge is 0.319 e. The number of hydrogen-bond acceptors (Lipinski definition) is 1. The molecule has 0 fully saturated rings. The molecule has 0 aromatic carbocycles. The molecule has 0 spiro atoms. The number of halogens is 1. The summed E-state index contributed by atoms with van der Waals surface area (Å²) in [6.07, 6.45) is 10.9. The number of rotatable bonds is 4. The normalized spacial score (nSPS) is 11.1. The zero-order chi connectivity index (χ0) is 10.3. The quantitative estimate of drug-likeness (QED) is 0.536. The fourth-order valence-corrected chi connectivity index (χ4v) is 1.09. The molecule has 0 heterocycles. The van der Waals surface area contributed by atoms with Gasteiger partial charge < -0.3 is 4.90 Å². The SMILES string of the molecule is C#CCN(CC#C)C(=O)C(Br)CC. The standard InChI is InChI=1S/C10H12BrNO/c1-4-7-12(8-5-2)10(13)9(11)6-3/h1-2,9H,6-8H2,3H3. The van der Waals surface area contributed by atoms with Crippen LogP contribution < -0.4 is 0 Å². The van der Waals surface area contributed by atoms with Crippen molar-refractivity contribution >= 4 is 21.8 Å². The van der Waals surface area contributed by atoms with Crippen LogP contribution in [0.15, 0.2) is 0 Å². The molecule has 3 heteroatoms. The third-order valence-corrected chi connectivity index (χ3v) is 2.54. The van der Waals surface area contributed by atoms with Crippen LogP contribution in [0.1, 0.15) is 13.3 Å². The number of amides is 1. The predicted octanol–water partition coefficient (Wildman–Crippen LogP) is 1.25. The minimum atomic E-state index is -0.186. The van der Waals surface area contributed by atoms with Gasteiger partial charge in [-0.05, 0) is 6.42 Å². The van der Waals surface area contributed by atoms with Crippen LogP contribution in [0.2, 0.25) is 0 Å². The zero-order valence-electron chi connectivity index (χ0n) is 7.59. The lowest BCUT2D eigenvalue weighted by molar-refractivity contribution is -0.129. The molecule has 0 rings (SSSR count). The summed E-state index contributed by atoms with van der Waals surface area (Å²) in [5.41, 5.74) is 0. The van der Waals surface area contributed by atoms with Crippen molar-refractivity contribution in [3.05, 3.63) is 0 Å². The molecule has 13 heavy (non-hydrogen) atoms. The number of nitrogens with zero attached hydrogens (tertiary/aromatic N) is 1. The first kappa shape index (κ1) is 12.1. The van der Waals surface area contributed by atoms with E-state index in [1.165, 1.54) is 4.90 Å². The minimum absolute atomic E-state index is 0.0431. The lowest BCUT2D eigenvalue weighted by Gasteiger charge is -2.19. The first-order valence-electron chi connectivity index (χ1n) is 3.97. The van der Waals surface area contributed by atoms with E-state index in [0.29, 0.717) is 0 Å². The summed E-state index contributed by atoms with van der Waals surface area (Å²) in [6, 6.07) is 0. The monoisotopic (exact) mass is 241 g/mol. The Bertz CT molecular complexity index is 233. The van der Waals surface area contributed by atoms with Crippen LogP contribution in [-0.2, 0) is 4.79 Å². The summed E-state index contributed by atoms with van der Waals surface area (Å²) in [4.78, 5) is 12.8. The Morgan fingerprint density at radius 1 is 1.46 bits per heavy atom. The van der Waals surface area contributed by atoms with E-state index in [4.69, 9.17) is 12.8 Å². The van der Waals surface area contributed by atoms with Gasteiger partial charge in [-0.25, -0.2) is 0 Å². The summed E-state index contributed by atoms with van der Waals surface area (Å²) in [6.45, 7) is 2.46. The van der Waals surface area contributed by atoms with Crippen LogP contribution in [0.25, 0.3) is 0 Å². The third kappa shape index (κ3) is 4.01. The van der Waals surface area contributed by atoms with Crippen molar-refractivity contribution in [3.63, 3.8) is 0 Å². The highest BCUT2D eigenvalue weighted by atomic mass is 79.9. The van der Waals surface area contributed by atoms with Gasteiger partial charge in [0.05, 0.1) is 17.9 Å². The van der Waals surface area contributed by atoms with Gasteiger partial charge in [0.1, 0.15) is 0 Å². The molecule has 1 atom stereocenters. The Balaban J connectivity index is 4.30. The Labute approximate surface area is 87.8 Å². The average molecular weight is 242 g/mol. The minimum Gasteiger partial charge on any atom is -0.319 e. The molecule has 0 aliphatic carbocycles. The van der Waals surface area contributed by atoms with Crippen molar-refractivity contribution in [1.82, 2.24) is 4.90 Å². The molecule has 1 unspecified atom stereocenters. The second-order valence-corrected chi connectivity index (χ2v) is 3.58. The maximum Gasteiger partial charge on any atom is 0.237 e. The van der Waals surface area contributed by atoms with E-state index >= 15 is 0 Å². The van der Waals surface area contributed by atoms with E-state index in [1.54, 1.807) is 0 Å². The molecule has 0 saturated heterocycles. The number of carbonyl (C=O) groups is 1. The van der Waals surface area contributed by atoms with Crippen molar-refractivity contribution in [3.8, 4) is 24.7 Å². The molecule has 0 aromatic heterocycles. The molecule has 0 radical (unpaired) electrons. The lowest BCUT2D eigenvalue weighted by atomic mass is 10.3. The molecular formula is C10H12BrNO. The Morgan fingerprint density at radius 2 is 1.92 bits per heavy atom. The Morgan fingerprint density at radius 3 is 2.23 bits per heavy atom. The van der Waals surface area contributed by atoms with Gasteiger partial charge in [0.15, 0.2) is 0 Å². The smallest absolute Gasteiger partial charge is 0.237 e. The number of alkyl halides is 1. The van der Waals surface area contributed by atoms with Crippen LogP contribution in [-0.4, -0.2) is 28.7 Å². The fraction of sp³-hybridized carbons (Fsp3) is 0.500. The molecule has 0 bridgehead atoms. The van der Waals surface area contributed by atoms with E-state index < -0.39 is 0 Å². The highest BCUT2D eigenvalue weighted by Gasteiger charge is 2.18. The van der Waals surface area contributed by atoms with Gasteiger partial charge in [-0.3, -0.25) is 4.79 Å². The highest BCUT2D eigenvalue weighted by Crippen LogP contribution is 2.08. The van der Waals surface area contributed by atoms with Gasteiger partial charge in [-0.2, -0.15) is 0 Å². The van der Waals surface area contributed by atoms with Gasteiger partial charge in [0, 0.05) is 0 Å². The molecule has 0 aromatic rings. The first-order chi connectivity index (χ1) is 6.17. The fourth-order valence-electron chi connectivity index (χ4n) is 0.805. The Hall–Kier alpha value is -0.930. The van der Waals surface area contributed by atoms with Crippen LogP contribution >= 0.6 is 15.9 Å².